The Hall–Kier alpha value is -1.51. The van der Waals surface area contributed by atoms with Crippen molar-refractivity contribution >= 4 is 17.3 Å². The molecule has 0 aromatic heterocycles. The van der Waals surface area contributed by atoms with Crippen LogP contribution in [-0.4, -0.2) is 5.91 Å². The summed E-state index contributed by atoms with van der Waals surface area (Å²) in [7, 11) is 0. The molecule has 104 valence electrons. The second-order valence-corrected chi connectivity index (χ2v) is 5.92. The van der Waals surface area contributed by atoms with Crippen molar-refractivity contribution < 1.29 is 4.79 Å². The maximum Gasteiger partial charge on any atom is 0.227 e. The average molecular weight is 260 g/mol. The number of benzene rings is 1. The topological polar surface area (TPSA) is 55.1 Å². The van der Waals surface area contributed by atoms with Gasteiger partial charge in [-0.1, -0.05) is 13.0 Å². The molecule has 0 saturated heterocycles. The zero-order chi connectivity index (χ0) is 14.0. The highest BCUT2D eigenvalue weighted by molar-refractivity contribution is 5.94. The van der Waals surface area contributed by atoms with Gasteiger partial charge in [0, 0.05) is 17.3 Å². The molecule has 1 aromatic carbocycles. The molecule has 3 nitrogen and oxygen atoms in total. The van der Waals surface area contributed by atoms with Crippen LogP contribution < -0.4 is 11.1 Å². The van der Waals surface area contributed by atoms with Crippen LogP contribution in [0.2, 0.25) is 0 Å². The van der Waals surface area contributed by atoms with Gasteiger partial charge in [-0.15, -0.1) is 0 Å². The van der Waals surface area contributed by atoms with E-state index in [9.17, 15) is 4.79 Å². The van der Waals surface area contributed by atoms with Gasteiger partial charge < -0.3 is 11.1 Å². The number of nitrogens with two attached hydrogens (primary N) is 1. The predicted molar refractivity (Wildman–Crippen MR) is 80.1 cm³/mol. The summed E-state index contributed by atoms with van der Waals surface area (Å²) in [6.45, 7) is 6.23. The molecule has 0 bridgehead atoms. The Kier molecular flexibility index (Phi) is 4.13. The van der Waals surface area contributed by atoms with Crippen LogP contribution in [0.25, 0.3) is 0 Å². The number of hydrogen-bond acceptors (Lipinski definition) is 2. The highest BCUT2D eigenvalue weighted by Gasteiger charge is 2.25. The minimum absolute atomic E-state index is 0.156. The fourth-order valence-electron chi connectivity index (χ4n) is 2.80. The van der Waals surface area contributed by atoms with Gasteiger partial charge in [-0.25, -0.2) is 0 Å². The molecule has 3 heteroatoms. The lowest BCUT2D eigenvalue weighted by Crippen LogP contribution is -2.27. The SMILES string of the molecule is Cc1ccc(N)c(C)c1NC(=O)C1CCC(C)CC1. The number of amides is 1. The van der Waals surface area contributed by atoms with Crippen LogP contribution in [0.5, 0.6) is 0 Å². The first-order valence-electron chi connectivity index (χ1n) is 7.15. The lowest BCUT2D eigenvalue weighted by Gasteiger charge is -2.26. The van der Waals surface area contributed by atoms with E-state index in [4.69, 9.17) is 5.73 Å². The largest absolute Gasteiger partial charge is 0.398 e. The van der Waals surface area contributed by atoms with Crippen LogP contribution in [0, 0.1) is 25.7 Å². The lowest BCUT2D eigenvalue weighted by atomic mass is 9.82. The van der Waals surface area contributed by atoms with Gasteiger partial charge in [-0.3, -0.25) is 4.79 Å². The lowest BCUT2D eigenvalue weighted by molar-refractivity contribution is -0.121. The first-order valence-corrected chi connectivity index (χ1v) is 7.15. The number of hydrogen-bond donors (Lipinski definition) is 2. The second-order valence-electron chi connectivity index (χ2n) is 5.92. The number of nitrogen functional groups attached to an aromatic ring is 1. The molecule has 1 aromatic rings. The van der Waals surface area contributed by atoms with E-state index in [1.54, 1.807) is 0 Å². The van der Waals surface area contributed by atoms with Crippen molar-refractivity contribution in [2.75, 3.05) is 11.1 Å². The Labute approximate surface area is 115 Å². The van der Waals surface area contributed by atoms with Gasteiger partial charge in [0.05, 0.1) is 0 Å². The number of anilines is 2. The van der Waals surface area contributed by atoms with Gasteiger partial charge in [0.25, 0.3) is 0 Å². The zero-order valence-electron chi connectivity index (χ0n) is 12.1. The summed E-state index contributed by atoms with van der Waals surface area (Å²) in [6.07, 6.45) is 4.33. The first-order chi connectivity index (χ1) is 8.99. The molecule has 0 radical (unpaired) electrons. The van der Waals surface area contributed by atoms with E-state index in [1.165, 1.54) is 0 Å². The Morgan fingerprint density at radius 3 is 2.47 bits per heavy atom. The Balaban J connectivity index is 2.09. The van der Waals surface area contributed by atoms with Crippen LogP contribution in [0.15, 0.2) is 12.1 Å². The molecular weight excluding hydrogens is 236 g/mol. The normalized spacial score (nSPS) is 23.1. The van der Waals surface area contributed by atoms with Gasteiger partial charge in [-0.2, -0.15) is 0 Å². The van der Waals surface area contributed by atoms with E-state index >= 15 is 0 Å². The molecule has 2 rings (SSSR count). The maximum atomic E-state index is 12.3. The minimum Gasteiger partial charge on any atom is -0.398 e. The van der Waals surface area contributed by atoms with Crippen molar-refractivity contribution in [2.45, 2.75) is 46.5 Å². The van der Waals surface area contributed by atoms with Gasteiger partial charge in [-0.05, 0) is 62.6 Å². The molecule has 19 heavy (non-hydrogen) atoms. The van der Waals surface area contributed by atoms with E-state index in [0.29, 0.717) is 0 Å². The molecule has 0 aliphatic heterocycles. The third-order valence-corrected chi connectivity index (χ3v) is 4.35. The molecule has 1 aliphatic carbocycles. The monoisotopic (exact) mass is 260 g/mol. The highest BCUT2D eigenvalue weighted by atomic mass is 16.1. The summed E-state index contributed by atoms with van der Waals surface area (Å²) in [5.41, 5.74) is 9.58. The molecule has 0 unspecified atom stereocenters. The third-order valence-electron chi connectivity index (χ3n) is 4.35. The van der Waals surface area contributed by atoms with Crippen LogP contribution >= 0.6 is 0 Å². The molecule has 1 aliphatic rings. The van der Waals surface area contributed by atoms with Crippen LogP contribution in [-0.2, 0) is 4.79 Å². The molecular formula is C16H24N2O. The Morgan fingerprint density at radius 2 is 1.84 bits per heavy atom. The van der Waals surface area contributed by atoms with E-state index < -0.39 is 0 Å². The molecule has 3 N–H and O–H groups in total. The fourth-order valence-corrected chi connectivity index (χ4v) is 2.80. The van der Waals surface area contributed by atoms with E-state index in [2.05, 4.69) is 12.2 Å². The van der Waals surface area contributed by atoms with Crippen molar-refractivity contribution in [1.82, 2.24) is 0 Å². The summed E-state index contributed by atoms with van der Waals surface area (Å²) < 4.78 is 0. The number of carbonyl (C=O) groups is 1. The smallest absolute Gasteiger partial charge is 0.227 e. The van der Waals surface area contributed by atoms with Crippen LogP contribution in [0.3, 0.4) is 0 Å². The molecule has 0 spiro atoms. The standard InChI is InChI=1S/C16H24N2O/c1-10-4-7-13(8-5-10)16(19)18-15-11(2)6-9-14(17)12(15)3/h6,9-10,13H,4-5,7-8,17H2,1-3H3,(H,18,19). The number of carbonyl (C=O) groups excluding carboxylic acids is 1. The van der Waals surface area contributed by atoms with Gasteiger partial charge in [0.1, 0.15) is 0 Å². The maximum absolute atomic E-state index is 12.3. The van der Waals surface area contributed by atoms with Crippen molar-refractivity contribution in [3.05, 3.63) is 23.3 Å². The first kappa shape index (κ1) is 13.9. The van der Waals surface area contributed by atoms with Gasteiger partial charge in [0.15, 0.2) is 0 Å². The summed E-state index contributed by atoms with van der Waals surface area (Å²) >= 11 is 0. The predicted octanol–water partition coefficient (Wildman–Crippen LogP) is 3.65. The Morgan fingerprint density at radius 1 is 1.21 bits per heavy atom. The zero-order valence-corrected chi connectivity index (χ0v) is 12.1. The van der Waals surface area contributed by atoms with Gasteiger partial charge >= 0.3 is 0 Å². The number of aryl methyl sites for hydroxylation is 1. The summed E-state index contributed by atoms with van der Waals surface area (Å²) in [6, 6.07) is 3.85. The van der Waals surface area contributed by atoms with Crippen molar-refractivity contribution in [1.29, 1.82) is 0 Å². The average Bonchev–Trinajstić information content (AvgIpc) is 2.40. The van der Waals surface area contributed by atoms with E-state index in [0.717, 1.165) is 54.1 Å². The quantitative estimate of drug-likeness (QED) is 0.797. The fraction of sp³-hybridized carbons (Fsp3) is 0.562. The number of nitrogens with one attached hydrogen (secondary N) is 1. The van der Waals surface area contributed by atoms with Crippen LogP contribution in [0.4, 0.5) is 11.4 Å². The summed E-state index contributed by atoms with van der Waals surface area (Å²) in [5.74, 6) is 1.08. The molecule has 1 fully saturated rings. The van der Waals surface area contributed by atoms with Crippen molar-refractivity contribution in [3.8, 4) is 0 Å². The molecule has 0 atom stereocenters. The second kappa shape index (κ2) is 5.64. The molecule has 1 amide bonds. The van der Waals surface area contributed by atoms with Crippen LogP contribution in [0.1, 0.15) is 43.7 Å². The Bertz CT molecular complexity index is 474. The summed E-state index contributed by atoms with van der Waals surface area (Å²) in [4.78, 5) is 12.3. The van der Waals surface area contributed by atoms with E-state index in [-0.39, 0.29) is 11.8 Å². The summed E-state index contributed by atoms with van der Waals surface area (Å²) in [5, 5.41) is 3.08. The van der Waals surface area contributed by atoms with Gasteiger partial charge in [0.2, 0.25) is 5.91 Å². The minimum atomic E-state index is 0.156. The molecule has 1 saturated carbocycles. The van der Waals surface area contributed by atoms with E-state index in [1.807, 2.05) is 26.0 Å². The molecule has 0 heterocycles. The van der Waals surface area contributed by atoms with Crippen molar-refractivity contribution in [2.24, 2.45) is 11.8 Å². The third kappa shape index (κ3) is 3.09. The number of rotatable bonds is 2. The van der Waals surface area contributed by atoms with Crippen molar-refractivity contribution in [3.63, 3.8) is 0 Å². The highest BCUT2D eigenvalue weighted by Crippen LogP contribution is 2.31.